The van der Waals surface area contributed by atoms with Gasteiger partial charge in [0.15, 0.2) is 0 Å². The van der Waals surface area contributed by atoms with Gasteiger partial charge in [0.25, 0.3) is 0 Å². The van der Waals surface area contributed by atoms with Crippen molar-refractivity contribution in [2.75, 3.05) is 0 Å². The van der Waals surface area contributed by atoms with E-state index in [-0.39, 0.29) is 0 Å². The first-order valence-corrected chi connectivity index (χ1v) is 5.82. The predicted octanol–water partition coefficient (Wildman–Crippen LogP) is 2.97. The Bertz CT molecular complexity index is 343. The Morgan fingerprint density at radius 1 is 1.20 bits per heavy atom. The maximum Gasteiger partial charge on any atom is 0.0133 e. The third-order valence-electron chi connectivity index (χ3n) is 3.67. The molecule has 0 bridgehead atoms. The molecule has 1 nitrogen and oxygen atoms in total. The first-order chi connectivity index (χ1) is 6.99. The third-order valence-corrected chi connectivity index (χ3v) is 3.67. The standard InChI is InChI=1S/C14H21N/c1-10-6-11(2)8-12(7-10)9-13(15)14(3)4-5-14/h6-8,13H,4-5,9,15H2,1-3H3. The van der Waals surface area contributed by atoms with E-state index >= 15 is 0 Å². The van der Waals surface area contributed by atoms with E-state index in [4.69, 9.17) is 5.73 Å². The van der Waals surface area contributed by atoms with Crippen LogP contribution in [-0.2, 0) is 6.42 Å². The van der Waals surface area contributed by atoms with Gasteiger partial charge in [-0.3, -0.25) is 0 Å². The highest BCUT2D eigenvalue weighted by atomic mass is 14.7. The summed E-state index contributed by atoms with van der Waals surface area (Å²) in [5.41, 5.74) is 10.8. The molecule has 1 saturated carbocycles. The van der Waals surface area contributed by atoms with E-state index in [2.05, 4.69) is 39.0 Å². The molecule has 0 amide bonds. The Morgan fingerprint density at radius 3 is 2.20 bits per heavy atom. The Hall–Kier alpha value is -0.820. The van der Waals surface area contributed by atoms with Crippen LogP contribution in [0.3, 0.4) is 0 Å². The molecule has 1 unspecified atom stereocenters. The van der Waals surface area contributed by atoms with Gasteiger partial charge in [-0.25, -0.2) is 0 Å². The molecule has 1 aromatic carbocycles. The van der Waals surface area contributed by atoms with E-state index in [9.17, 15) is 0 Å². The van der Waals surface area contributed by atoms with Crippen LogP contribution in [0, 0.1) is 19.3 Å². The summed E-state index contributed by atoms with van der Waals surface area (Å²) < 4.78 is 0. The summed E-state index contributed by atoms with van der Waals surface area (Å²) in [5.74, 6) is 0. The van der Waals surface area contributed by atoms with E-state index in [0.29, 0.717) is 11.5 Å². The molecular formula is C14H21N. The van der Waals surface area contributed by atoms with E-state index in [1.54, 1.807) is 0 Å². The lowest BCUT2D eigenvalue weighted by Crippen LogP contribution is -2.31. The maximum absolute atomic E-state index is 6.25. The molecule has 0 heterocycles. The van der Waals surface area contributed by atoms with E-state index < -0.39 is 0 Å². The van der Waals surface area contributed by atoms with Gasteiger partial charge in [0, 0.05) is 6.04 Å². The van der Waals surface area contributed by atoms with Crippen molar-refractivity contribution < 1.29 is 0 Å². The molecule has 0 spiro atoms. The van der Waals surface area contributed by atoms with Crippen LogP contribution in [0.5, 0.6) is 0 Å². The average molecular weight is 203 g/mol. The predicted molar refractivity (Wildman–Crippen MR) is 64.9 cm³/mol. The summed E-state index contributed by atoms with van der Waals surface area (Å²) in [6.07, 6.45) is 3.64. The van der Waals surface area contributed by atoms with Gasteiger partial charge in [0.2, 0.25) is 0 Å². The van der Waals surface area contributed by atoms with Gasteiger partial charge >= 0.3 is 0 Å². The van der Waals surface area contributed by atoms with Crippen LogP contribution in [0.15, 0.2) is 18.2 Å². The van der Waals surface area contributed by atoms with E-state index in [1.807, 2.05) is 0 Å². The molecule has 15 heavy (non-hydrogen) atoms. The molecule has 1 aromatic rings. The van der Waals surface area contributed by atoms with Gasteiger partial charge in [0.05, 0.1) is 0 Å². The van der Waals surface area contributed by atoms with Crippen molar-refractivity contribution in [1.29, 1.82) is 0 Å². The lowest BCUT2D eigenvalue weighted by atomic mass is 9.92. The van der Waals surface area contributed by atoms with Crippen molar-refractivity contribution in [2.24, 2.45) is 11.1 Å². The van der Waals surface area contributed by atoms with E-state index in [1.165, 1.54) is 29.5 Å². The molecule has 2 N–H and O–H groups in total. The molecule has 2 rings (SSSR count). The van der Waals surface area contributed by atoms with Crippen molar-refractivity contribution in [3.05, 3.63) is 34.9 Å². The number of nitrogens with two attached hydrogens (primary N) is 1. The summed E-state index contributed by atoms with van der Waals surface area (Å²) in [5, 5.41) is 0. The second-order valence-electron chi connectivity index (χ2n) is 5.46. The Labute approximate surface area is 92.7 Å². The second kappa shape index (κ2) is 3.64. The van der Waals surface area contributed by atoms with Crippen molar-refractivity contribution in [3.8, 4) is 0 Å². The first-order valence-electron chi connectivity index (χ1n) is 5.82. The number of benzene rings is 1. The molecule has 0 radical (unpaired) electrons. The van der Waals surface area contributed by atoms with Gasteiger partial charge in [-0.15, -0.1) is 0 Å². The van der Waals surface area contributed by atoms with Crippen molar-refractivity contribution in [3.63, 3.8) is 0 Å². The van der Waals surface area contributed by atoms with Crippen LogP contribution in [-0.4, -0.2) is 6.04 Å². The molecule has 82 valence electrons. The van der Waals surface area contributed by atoms with Crippen LogP contribution in [0.25, 0.3) is 0 Å². The Balaban J connectivity index is 2.10. The second-order valence-corrected chi connectivity index (χ2v) is 5.46. The van der Waals surface area contributed by atoms with Gasteiger partial charge in [-0.05, 0) is 44.1 Å². The lowest BCUT2D eigenvalue weighted by molar-refractivity contribution is 0.433. The molecular weight excluding hydrogens is 182 g/mol. The molecule has 0 aromatic heterocycles. The normalized spacial score (nSPS) is 20.0. The summed E-state index contributed by atoms with van der Waals surface area (Å²) in [7, 11) is 0. The molecule has 0 saturated heterocycles. The van der Waals surface area contributed by atoms with Crippen LogP contribution in [0.2, 0.25) is 0 Å². The molecule has 1 fully saturated rings. The first kappa shape index (κ1) is 10.7. The molecule has 1 aliphatic carbocycles. The quantitative estimate of drug-likeness (QED) is 0.803. The summed E-state index contributed by atoms with van der Waals surface area (Å²) in [6, 6.07) is 7.07. The van der Waals surface area contributed by atoms with Crippen LogP contribution >= 0.6 is 0 Å². The summed E-state index contributed by atoms with van der Waals surface area (Å²) >= 11 is 0. The molecule has 1 atom stereocenters. The maximum atomic E-state index is 6.25. The molecule has 1 heteroatoms. The van der Waals surface area contributed by atoms with Crippen molar-refractivity contribution in [1.82, 2.24) is 0 Å². The lowest BCUT2D eigenvalue weighted by Gasteiger charge is -2.19. The van der Waals surface area contributed by atoms with Gasteiger partial charge < -0.3 is 5.73 Å². The minimum atomic E-state index is 0.332. The van der Waals surface area contributed by atoms with Gasteiger partial charge in [-0.1, -0.05) is 36.2 Å². The highest BCUT2D eigenvalue weighted by Crippen LogP contribution is 2.48. The topological polar surface area (TPSA) is 26.0 Å². The number of aryl methyl sites for hydroxylation is 2. The molecule has 0 aliphatic heterocycles. The monoisotopic (exact) mass is 203 g/mol. The Kier molecular flexibility index (Phi) is 2.59. The number of hydrogen-bond acceptors (Lipinski definition) is 1. The highest BCUT2D eigenvalue weighted by molar-refractivity contribution is 5.29. The van der Waals surface area contributed by atoms with Crippen molar-refractivity contribution in [2.45, 2.75) is 46.1 Å². The smallest absolute Gasteiger partial charge is 0.0133 e. The fraction of sp³-hybridized carbons (Fsp3) is 0.571. The summed E-state index contributed by atoms with van der Waals surface area (Å²) in [4.78, 5) is 0. The zero-order valence-corrected chi connectivity index (χ0v) is 10.0. The fourth-order valence-corrected chi connectivity index (χ4v) is 2.26. The highest BCUT2D eigenvalue weighted by Gasteiger charge is 2.42. The minimum absolute atomic E-state index is 0.332. The Morgan fingerprint density at radius 2 is 1.73 bits per heavy atom. The zero-order valence-electron chi connectivity index (χ0n) is 10.0. The number of hydrogen-bond donors (Lipinski definition) is 1. The average Bonchev–Trinajstić information content (AvgIpc) is 2.83. The van der Waals surface area contributed by atoms with Crippen LogP contribution in [0.4, 0.5) is 0 Å². The van der Waals surface area contributed by atoms with Gasteiger partial charge in [-0.2, -0.15) is 0 Å². The SMILES string of the molecule is Cc1cc(C)cc(CC(N)C2(C)CC2)c1. The van der Waals surface area contributed by atoms with E-state index in [0.717, 1.165) is 6.42 Å². The summed E-state index contributed by atoms with van der Waals surface area (Å²) in [6.45, 7) is 6.61. The fourth-order valence-electron chi connectivity index (χ4n) is 2.26. The number of rotatable bonds is 3. The third kappa shape index (κ3) is 2.40. The zero-order chi connectivity index (χ0) is 11.1. The minimum Gasteiger partial charge on any atom is -0.327 e. The largest absolute Gasteiger partial charge is 0.327 e. The van der Waals surface area contributed by atoms with Gasteiger partial charge in [0.1, 0.15) is 0 Å². The molecule has 1 aliphatic rings. The van der Waals surface area contributed by atoms with Crippen LogP contribution < -0.4 is 5.73 Å². The van der Waals surface area contributed by atoms with Crippen molar-refractivity contribution >= 4 is 0 Å². The van der Waals surface area contributed by atoms with Crippen LogP contribution in [0.1, 0.15) is 36.5 Å².